The number of nitrogens with one attached hydrogen (secondary N) is 1. The average molecular weight is 207 g/mol. The maximum Gasteiger partial charge on any atom is 0.188 e. The van der Waals surface area contributed by atoms with E-state index in [9.17, 15) is 4.79 Å². The second-order valence-electron chi connectivity index (χ2n) is 2.82. The van der Waals surface area contributed by atoms with Crippen molar-refractivity contribution in [3.63, 3.8) is 0 Å². The van der Waals surface area contributed by atoms with Gasteiger partial charge in [0.1, 0.15) is 0 Å². The molecular weight excluding hydrogens is 190 g/mol. The molecule has 0 aliphatic rings. The molecule has 0 aliphatic carbocycles. The molecule has 1 aromatic carbocycles. The standard InChI is InChI=1S/C11H13NO2.CH4/c1-2-14-11(12)8-10(13)9-6-4-3-5-7-9;/h3-7,12H,2,8H2,1H3;1H4. The van der Waals surface area contributed by atoms with Crippen LogP contribution >= 0.6 is 0 Å². The van der Waals surface area contributed by atoms with Gasteiger partial charge >= 0.3 is 0 Å². The molecule has 0 heterocycles. The molecule has 0 radical (unpaired) electrons. The summed E-state index contributed by atoms with van der Waals surface area (Å²) in [5.74, 6) is -0.0506. The highest BCUT2D eigenvalue weighted by Gasteiger charge is 2.08. The first-order valence-electron chi connectivity index (χ1n) is 4.52. The minimum absolute atomic E-state index is 0. The van der Waals surface area contributed by atoms with Gasteiger partial charge in [-0.2, -0.15) is 0 Å². The maximum absolute atomic E-state index is 11.5. The SMILES string of the molecule is C.CCOC(=N)CC(=O)c1ccccc1. The number of carbonyl (C=O) groups is 1. The van der Waals surface area contributed by atoms with Crippen LogP contribution in [0.1, 0.15) is 31.1 Å². The van der Waals surface area contributed by atoms with E-state index in [2.05, 4.69) is 0 Å². The Kier molecular flexibility index (Phi) is 6.02. The van der Waals surface area contributed by atoms with Crippen molar-refractivity contribution in [2.24, 2.45) is 0 Å². The van der Waals surface area contributed by atoms with Gasteiger partial charge in [-0.05, 0) is 6.92 Å². The molecule has 0 unspecified atom stereocenters. The minimum Gasteiger partial charge on any atom is -0.481 e. The summed E-state index contributed by atoms with van der Waals surface area (Å²) in [6.07, 6.45) is 0.0395. The van der Waals surface area contributed by atoms with Gasteiger partial charge in [-0.15, -0.1) is 0 Å². The molecular formula is C12H17NO2. The van der Waals surface area contributed by atoms with Gasteiger partial charge in [0, 0.05) is 5.56 Å². The van der Waals surface area contributed by atoms with Gasteiger partial charge in [-0.1, -0.05) is 37.8 Å². The molecule has 0 aromatic heterocycles. The monoisotopic (exact) mass is 207 g/mol. The van der Waals surface area contributed by atoms with E-state index in [1.54, 1.807) is 31.2 Å². The van der Waals surface area contributed by atoms with Crippen LogP contribution in [0.15, 0.2) is 30.3 Å². The first kappa shape index (κ1) is 13.4. The van der Waals surface area contributed by atoms with Gasteiger partial charge in [0.15, 0.2) is 11.7 Å². The van der Waals surface area contributed by atoms with Crippen LogP contribution in [-0.2, 0) is 4.74 Å². The number of ketones is 1. The molecule has 0 fully saturated rings. The van der Waals surface area contributed by atoms with Gasteiger partial charge in [-0.25, -0.2) is 0 Å². The molecule has 1 aromatic rings. The summed E-state index contributed by atoms with van der Waals surface area (Å²) in [5.41, 5.74) is 0.622. The number of rotatable bonds is 4. The minimum atomic E-state index is -0.0796. The number of benzene rings is 1. The Hall–Kier alpha value is -1.64. The number of ether oxygens (including phenoxy) is 1. The molecule has 0 atom stereocenters. The fourth-order valence-corrected chi connectivity index (χ4v) is 1.10. The third-order valence-corrected chi connectivity index (χ3v) is 1.74. The summed E-state index contributed by atoms with van der Waals surface area (Å²) < 4.78 is 4.90. The summed E-state index contributed by atoms with van der Waals surface area (Å²) in [5, 5.41) is 7.33. The second-order valence-corrected chi connectivity index (χ2v) is 2.82. The number of carbonyl (C=O) groups excluding carboxylic acids is 1. The van der Waals surface area contributed by atoms with Gasteiger partial charge in [0.2, 0.25) is 0 Å². The first-order chi connectivity index (χ1) is 6.74. The van der Waals surface area contributed by atoms with Crippen LogP contribution in [0.4, 0.5) is 0 Å². The van der Waals surface area contributed by atoms with Crippen LogP contribution in [0.5, 0.6) is 0 Å². The molecule has 0 bridgehead atoms. The van der Waals surface area contributed by atoms with Gasteiger partial charge in [0.05, 0.1) is 13.0 Å². The first-order valence-corrected chi connectivity index (χ1v) is 4.52. The van der Waals surface area contributed by atoms with Crippen molar-refractivity contribution in [2.45, 2.75) is 20.8 Å². The van der Waals surface area contributed by atoms with E-state index in [1.165, 1.54) is 0 Å². The maximum atomic E-state index is 11.5. The van der Waals surface area contributed by atoms with Crippen molar-refractivity contribution in [3.8, 4) is 0 Å². The molecule has 3 heteroatoms. The van der Waals surface area contributed by atoms with Crippen molar-refractivity contribution >= 4 is 11.7 Å². The van der Waals surface area contributed by atoms with E-state index in [0.717, 1.165) is 0 Å². The van der Waals surface area contributed by atoms with E-state index in [-0.39, 0.29) is 25.5 Å². The zero-order valence-electron chi connectivity index (χ0n) is 8.12. The Morgan fingerprint density at radius 3 is 2.47 bits per heavy atom. The summed E-state index contributed by atoms with van der Waals surface area (Å²) in [4.78, 5) is 11.5. The van der Waals surface area contributed by atoms with E-state index in [0.29, 0.717) is 12.2 Å². The number of hydrogen-bond acceptors (Lipinski definition) is 3. The molecule has 82 valence electrons. The lowest BCUT2D eigenvalue weighted by Crippen LogP contribution is -2.10. The van der Waals surface area contributed by atoms with Crippen molar-refractivity contribution < 1.29 is 9.53 Å². The summed E-state index contributed by atoms with van der Waals surface area (Å²) in [6, 6.07) is 8.93. The van der Waals surface area contributed by atoms with Crippen LogP contribution in [0.2, 0.25) is 0 Å². The Morgan fingerprint density at radius 2 is 1.93 bits per heavy atom. The fraction of sp³-hybridized carbons (Fsp3) is 0.333. The lowest BCUT2D eigenvalue weighted by molar-refractivity contribution is 0.0993. The smallest absolute Gasteiger partial charge is 0.188 e. The number of Topliss-reactive ketones (excluding diaryl/α,β-unsaturated/α-hetero) is 1. The summed E-state index contributed by atoms with van der Waals surface area (Å²) in [7, 11) is 0. The molecule has 0 saturated carbocycles. The highest BCUT2D eigenvalue weighted by atomic mass is 16.5. The third-order valence-electron chi connectivity index (χ3n) is 1.74. The Balaban J connectivity index is 0.00000196. The van der Waals surface area contributed by atoms with Gasteiger partial charge in [0.25, 0.3) is 0 Å². The van der Waals surface area contributed by atoms with Crippen LogP contribution < -0.4 is 0 Å². The number of hydrogen-bond donors (Lipinski definition) is 1. The molecule has 0 amide bonds. The summed E-state index contributed by atoms with van der Waals surface area (Å²) in [6.45, 7) is 2.22. The topological polar surface area (TPSA) is 50.1 Å². The van der Waals surface area contributed by atoms with Crippen LogP contribution in [0, 0.1) is 5.41 Å². The fourth-order valence-electron chi connectivity index (χ4n) is 1.10. The average Bonchev–Trinajstić information content (AvgIpc) is 2.19. The van der Waals surface area contributed by atoms with E-state index >= 15 is 0 Å². The lowest BCUT2D eigenvalue weighted by Gasteiger charge is -2.03. The van der Waals surface area contributed by atoms with Crippen LogP contribution in [0.25, 0.3) is 0 Å². The quantitative estimate of drug-likeness (QED) is 0.469. The highest BCUT2D eigenvalue weighted by Crippen LogP contribution is 2.03. The molecule has 15 heavy (non-hydrogen) atoms. The van der Waals surface area contributed by atoms with E-state index in [1.807, 2.05) is 6.07 Å². The van der Waals surface area contributed by atoms with Crippen molar-refractivity contribution in [1.82, 2.24) is 0 Å². The Bertz CT molecular complexity index is 320. The Morgan fingerprint density at radius 1 is 1.33 bits per heavy atom. The highest BCUT2D eigenvalue weighted by molar-refractivity contribution is 6.06. The third kappa shape index (κ3) is 4.40. The van der Waals surface area contributed by atoms with E-state index < -0.39 is 0 Å². The normalized spacial score (nSPS) is 8.87. The molecule has 0 aliphatic heterocycles. The zero-order chi connectivity index (χ0) is 10.4. The largest absolute Gasteiger partial charge is 0.481 e. The summed E-state index contributed by atoms with van der Waals surface area (Å²) >= 11 is 0. The predicted octanol–water partition coefficient (Wildman–Crippen LogP) is 2.91. The molecule has 1 N–H and O–H groups in total. The molecule has 0 saturated heterocycles. The van der Waals surface area contributed by atoms with Crippen LogP contribution in [0.3, 0.4) is 0 Å². The van der Waals surface area contributed by atoms with Crippen molar-refractivity contribution in [3.05, 3.63) is 35.9 Å². The molecule has 1 rings (SSSR count). The van der Waals surface area contributed by atoms with Gasteiger partial charge < -0.3 is 4.74 Å². The zero-order valence-corrected chi connectivity index (χ0v) is 8.12. The van der Waals surface area contributed by atoms with Gasteiger partial charge in [-0.3, -0.25) is 10.2 Å². The van der Waals surface area contributed by atoms with E-state index in [4.69, 9.17) is 10.1 Å². The molecule has 0 spiro atoms. The van der Waals surface area contributed by atoms with Crippen molar-refractivity contribution in [2.75, 3.05) is 6.61 Å². The Labute approximate surface area is 90.6 Å². The predicted molar refractivity (Wildman–Crippen MR) is 61.5 cm³/mol. The molecule has 3 nitrogen and oxygen atoms in total. The van der Waals surface area contributed by atoms with Crippen LogP contribution in [-0.4, -0.2) is 18.3 Å². The van der Waals surface area contributed by atoms with Crippen molar-refractivity contribution in [1.29, 1.82) is 5.41 Å². The second kappa shape index (κ2) is 6.76. The lowest BCUT2D eigenvalue weighted by atomic mass is 10.1.